The normalized spacial score (nSPS) is 31.1. The predicted molar refractivity (Wildman–Crippen MR) is 37.9 cm³/mol. The van der Waals surface area contributed by atoms with Gasteiger partial charge in [-0.25, -0.2) is 0 Å². The molecule has 1 heterocycles. The molecular weight excluding hydrogens is 110 g/mol. The first-order chi connectivity index (χ1) is 4.47. The first-order valence-electron chi connectivity index (χ1n) is 3.57. The highest BCUT2D eigenvalue weighted by molar-refractivity contribution is 5.21. The van der Waals surface area contributed by atoms with Crippen LogP contribution in [-0.4, -0.2) is 6.54 Å². The van der Waals surface area contributed by atoms with Gasteiger partial charge in [-0.2, -0.15) is 0 Å². The molecule has 2 rings (SSSR count). The van der Waals surface area contributed by atoms with Crippen molar-refractivity contribution in [3.8, 4) is 0 Å². The minimum Gasteiger partial charge on any atom is -0.388 e. The fraction of sp³-hybridized carbons (Fsp3) is 0.500. The minimum atomic E-state index is 0.829. The fourth-order valence-corrected chi connectivity index (χ4v) is 1.54. The van der Waals surface area contributed by atoms with Gasteiger partial charge in [0.05, 0.1) is 0 Å². The van der Waals surface area contributed by atoms with Crippen LogP contribution >= 0.6 is 0 Å². The molecule has 0 saturated carbocycles. The number of hydrogen-bond acceptors (Lipinski definition) is 1. The first-order valence-corrected chi connectivity index (χ1v) is 3.57. The molecule has 2 aliphatic rings. The van der Waals surface area contributed by atoms with E-state index in [-0.39, 0.29) is 0 Å². The largest absolute Gasteiger partial charge is 0.388 e. The zero-order valence-corrected chi connectivity index (χ0v) is 5.43. The summed E-state index contributed by atoms with van der Waals surface area (Å²) in [6.45, 7) is 1.18. The Balaban J connectivity index is 2.23. The van der Waals surface area contributed by atoms with Crippen molar-refractivity contribution in [1.82, 2.24) is 5.32 Å². The van der Waals surface area contributed by atoms with Crippen molar-refractivity contribution in [1.29, 1.82) is 0 Å². The molecule has 1 saturated heterocycles. The summed E-state index contributed by atoms with van der Waals surface area (Å²) < 4.78 is 0. The Kier molecular flexibility index (Phi) is 1.08. The van der Waals surface area contributed by atoms with Crippen LogP contribution in [0.3, 0.4) is 0 Å². The Morgan fingerprint density at radius 3 is 3.44 bits per heavy atom. The van der Waals surface area contributed by atoms with Gasteiger partial charge in [0.15, 0.2) is 0 Å². The van der Waals surface area contributed by atoms with Gasteiger partial charge in [0.25, 0.3) is 0 Å². The number of allylic oxidation sites excluding steroid dienone is 4. The summed E-state index contributed by atoms with van der Waals surface area (Å²) in [5.74, 6) is 0.829. The van der Waals surface area contributed by atoms with Gasteiger partial charge in [-0.3, -0.25) is 0 Å². The van der Waals surface area contributed by atoms with Crippen LogP contribution in [0.15, 0.2) is 23.9 Å². The molecule has 0 unspecified atom stereocenters. The molecule has 0 aromatic heterocycles. The van der Waals surface area contributed by atoms with E-state index in [4.69, 9.17) is 0 Å². The van der Waals surface area contributed by atoms with Crippen LogP contribution in [0.2, 0.25) is 0 Å². The van der Waals surface area contributed by atoms with E-state index in [0.717, 1.165) is 5.92 Å². The summed E-state index contributed by atoms with van der Waals surface area (Å²) in [4.78, 5) is 0. The smallest absolute Gasteiger partial charge is 0.0150 e. The van der Waals surface area contributed by atoms with Crippen molar-refractivity contribution >= 4 is 0 Å². The first kappa shape index (κ1) is 5.10. The van der Waals surface area contributed by atoms with Gasteiger partial charge >= 0.3 is 0 Å². The molecule has 1 aliphatic carbocycles. The molecule has 1 heteroatoms. The highest BCUT2D eigenvalue weighted by Crippen LogP contribution is 2.25. The second-order valence-electron chi connectivity index (χ2n) is 2.70. The van der Waals surface area contributed by atoms with Crippen LogP contribution in [0.1, 0.15) is 12.8 Å². The highest BCUT2D eigenvalue weighted by atomic mass is 14.9. The quantitative estimate of drug-likeness (QED) is 0.511. The SMILES string of the molecule is C1=CC[C@@H]2CCNC2=C1. The van der Waals surface area contributed by atoms with Gasteiger partial charge in [-0.05, 0) is 18.9 Å². The zero-order valence-electron chi connectivity index (χ0n) is 5.43. The molecule has 1 fully saturated rings. The summed E-state index contributed by atoms with van der Waals surface area (Å²) in [7, 11) is 0. The maximum absolute atomic E-state index is 3.37. The van der Waals surface area contributed by atoms with E-state index in [0.29, 0.717) is 0 Å². The van der Waals surface area contributed by atoms with Crippen molar-refractivity contribution in [3.05, 3.63) is 23.9 Å². The van der Waals surface area contributed by atoms with E-state index in [1.165, 1.54) is 25.1 Å². The molecule has 0 bridgehead atoms. The summed E-state index contributed by atoms with van der Waals surface area (Å²) in [6.07, 6.45) is 9.17. The summed E-state index contributed by atoms with van der Waals surface area (Å²) in [5.41, 5.74) is 1.46. The lowest BCUT2D eigenvalue weighted by molar-refractivity contribution is 0.646. The molecule has 1 nitrogen and oxygen atoms in total. The molecule has 48 valence electrons. The van der Waals surface area contributed by atoms with Crippen LogP contribution in [0.25, 0.3) is 0 Å². The summed E-state index contributed by atoms with van der Waals surface area (Å²) >= 11 is 0. The van der Waals surface area contributed by atoms with Crippen molar-refractivity contribution in [2.45, 2.75) is 12.8 Å². The Hall–Kier alpha value is -0.720. The standard InChI is InChI=1S/C8H11N/c1-2-4-8-7(3-1)5-6-9-8/h1-2,4,7,9H,3,5-6H2/t7-/m1/s1. The van der Waals surface area contributed by atoms with Gasteiger partial charge in [-0.15, -0.1) is 0 Å². The van der Waals surface area contributed by atoms with Gasteiger partial charge < -0.3 is 5.32 Å². The molecule has 0 radical (unpaired) electrons. The topological polar surface area (TPSA) is 12.0 Å². The Morgan fingerprint density at radius 2 is 2.56 bits per heavy atom. The Labute approximate surface area is 55.5 Å². The molecule has 1 N–H and O–H groups in total. The van der Waals surface area contributed by atoms with Crippen molar-refractivity contribution in [3.63, 3.8) is 0 Å². The van der Waals surface area contributed by atoms with E-state index in [1.54, 1.807) is 0 Å². The third kappa shape index (κ3) is 0.766. The van der Waals surface area contributed by atoms with Gasteiger partial charge in [0, 0.05) is 18.2 Å². The van der Waals surface area contributed by atoms with Crippen LogP contribution in [0, 0.1) is 5.92 Å². The molecule has 0 aromatic rings. The van der Waals surface area contributed by atoms with Crippen LogP contribution in [0.4, 0.5) is 0 Å². The number of nitrogens with one attached hydrogen (secondary N) is 1. The van der Waals surface area contributed by atoms with Crippen LogP contribution in [-0.2, 0) is 0 Å². The van der Waals surface area contributed by atoms with Crippen molar-refractivity contribution in [2.24, 2.45) is 5.92 Å². The van der Waals surface area contributed by atoms with Gasteiger partial charge in [-0.1, -0.05) is 12.2 Å². The van der Waals surface area contributed by atoms with Crippen LogP contribution in [0.5, 0.6) is 0 Å². The minimum absolute atomic E-state index is 0.829. The van der Waals surface area contributed by atoms with Crippen LogP contribution < -0.4 is 5.32 Å². The molecule has 0 amide bonds. The lowest BCUT2D eigenvalue weighted by atomic mass is 9.97. The molecule has 1 atom stereocenters. The van der Waals surface area contributed by atoms with E-state index in [2.05, 4.69) is 23.5 Å². The summed E-state index contributed by atoms with van der Waals surface area (Å²) in [6, 6.07) is 0. The number of fused-ring (bicyclic) bond motifs is 1. The predicted octanol–water partition coefficient (Wildman–Crippen LogP) is 1.44. The fourth-order valence-electron chi connectivity index (χ4n) is 1.54. The lowest BCUT2D eigenvalue weighted by Crippen LogP contribution is -2.07. The molecule has 0 spiro atoms. The summed E-state index contributed by atoms with van der Waals surface area (Å²) in [5, 5.41) is 3.37. The highest BCUT2D eigenvalue weighted by Gasteiger charge is 2.19. The van der Waals surface area contributed by atoms with Crippen molar-refractivity contribution in [2.75, 3.05) is 6.54 Å². The molecule has 9 heavy (non-hydrogen) atoms. The Morgan fingerprint density at radius 1 is 1.56 bits per heavy atom. The number of rotatable bonds is 0. The van der Waals surface area contributed by atoms with E-state index >= 15 is 0 Å². The van der Waals surface area contributed by atoms with Gasteiger partial charge in [0.2, 0.25) is 0 Å². The second kappa shape index (κ2) is 1.90. The van der Waals surface area contributed by atoms with Gasteiger partial charge in [0.1, 0.15) is 0 Å². The molecular formula is C8H11N. The van der Waals surface area contributed by atoms with Crippen molar-refractivity contribution < 1.29 is 0 Å². The maximum Gasteiger partial charge on any atom is 0.0150 e. The average Bonchev–Trinajstić information content (AvgIpc) is 2.33. The lowest BCUT2D eigenvalue weighted by Gasteiger charge is -2.10. The monoisotopic (exact) mass is 121 g/mol. The average molecular weight is 121 g/mol. The third-order valence-electron chi connectivity index (χ3n) is 2.09. The van der Waals surface area contributed by atoms with E-state index in [1.807, 2.05) is 0 Å². The zero-order chi connectivity index (χ0) is 6.10. The molecule has 1 aliphatic heterocycles. The van der Waals surface area contributed by atoms with E-state index < -0.39 is 0 Å². The molecule has 0 aromatic carbocycles. The number of hydrogen-bond donors (Lipinski definition) is 1. The van der Waals surface area contributed by atoms with E-state index in [9.17, 15) is 0 Å². The Bertz CT molecular complexity index is 167. The maximum atomic E-state index is 3.37. The second-order valence-corrected chi connectivity index (χ2v) is 2.70. The third-order valence-corrected chi connectivity index (χ3v) is 2.09.